The molecule has 4 aliphatic heterocycles. The van der Waals surface area contributed by atoms with Gasteiger partial charge in [-0.3, -0.25) is 9.59 Å². The number of aliphatic carboxylic acids is 1. The normalized spacial score (nSPS) is 48.4. The summed E-state index contributed by atoms with van der Waals surface area (Å²) in [6.07, 6.45) is 1.72. The Kier molecular flexibility index (Phi) is 4.73. The van der Waals surface area contributed by atoms with Crippen molar-refractivity contribution in [2.75, 3.05) is 0 Å². The Morgan fingerprint density at radius 2 is 1.89 bits per heavy atom. The molecule has 0 aromatic carbocycles. The lowest BCUT2D eigenvalue weighted by atomic mass is 9.58. The quantitative estimate of drug-likeness (QED) is 0.583. The molecule has 5 aliphatic rings. The third-order valence-corrected chi connectivity index (χ3v) is 6.89. The molecule has 4 heterocycles. The topological polar surface area (TPSA) is 101 Å². The summed E-state index contributed by atoms with van der Waals surface area (Å²) < 4.78 is 17.8. The van der Waals surface area contributed by atoms with E-state index in [9.17, 15) is 9.59 Å². The van der Waals surface area contributed by atoms with Gasteiger partial charge in [-0.15, -0.1) is 0 Å². The van der Waals surface area contributed by atoms with Gasteiger partial charge >= 0.3 is 11.9 Å². The molecule has 8 heteroatoms. The number of esters is 1. The molecule has 0 aromatic rings. The lowest BCUT2D eigenvalue weighted by Crippen LogP contribution is -2.70. The van der Waals surface area contributed by atoms with Crippen LogP contribution >= 0.6 is 0 Å². The Balaban J connectivity index is 1.58. The Labute approximate surface area is 158 Å². The van der Waals surface area contributed by atoms with E-state index in [1.54, 1.807) is 0 Å². The van der Waals surface area contributed by atoms with E-state index in [2.05, 4.69) is 6.92 Å². The fraction of sp³-hybridized carbons (Fsp3) is 0.895. The molecule has 1 N–H and O–H groups in total. The molecule has 0 amide bonds. The number of fused-ring (bicyclic) bond motifs is 2. The van der Waals surface area contributed by atoms with Crippen LogP contribution in [0, 0.1) is 23.7 Å². The van der Waals surface area contributed by atoms with Crippen LogP contribution in [0.15, 0.2) is 0 Å². The smallest absolute Gasteiger partial charge is 0.308 e. The van der Waals surface area contributed by atoms with Gasteiger partial charge in [-0.05, 0) is 38.0 Å². The molecule has 0 radical (unpaired) electrons. The fourth-order valence-corrected chi connectivity index (χ4v) is 5.40. The van der Waals surface area contributed by atoms with Crippen LogP contribution in [-0.2, 0) is 33.6 Å². The molecule has 1 spiro atoms. The maximum atomic E-state index is 12.1. The molecule has 4 saturated heterocycles. The predicted octanol–water partition coefficient (Wildman–Crippen LogP) is 2.60. The third kappa shape index (κ3) is 3.06. The number of hydrogen-bond acceptors (Lipinski definition) is 7. The highest BCUT2D eigenvalue weighted by Crippen LogP contribution is 2.60. The fourth-order valence-electron chi connectivity index (χ4n) is 5.40. The molecule has 3 unspecified atom stereocenters. The molecule has 8 nitrogen and oxygen atoms in total. The standard InChI is InChI=1S/C19H28O8/c1-10-4-5-13-11(2)16(23-15(22)7-6-14(20)21)24-17-19(13)12(10)8-9-18(3,25-17)26-27-19/h10-13,16-17H,4-9H2,1-3H3,(H,20,21)/t10?,11?,12-,13-,16?,17-,18-,19-/m1/s1. The first kappa shape index (κ1) is 19.1. The molecular weight excluding hydrogens is 356 g/mol. The van der Waals surface area contributed by atoms with Crippen LogP contribution in [0.5, 0.6) is 0 Å². The maximum Gasteiger partial charge on any atom is 0.308 e. The Morgan fingerprint density at radius 1 is 1.11 bits per heavy atom. The summed E-state index contributed by atoms with van der Waals surface area (Å²) in [7, 11) is 0. The van der Waals surface area contributed by atoms with Crippen LogP contribution in [0.2, 0.25) is 0 Å². The van der Waals surface area contributed by atoms with E-state index in [-0.39, 0.29) is 30.6 Å². The van der Waals surface area contributed by atoms with Gasteiger partial charge in [0.1, 0.15) is 0 Å². The summed E-state index contributed by atoms with van der Waals surface area (Å²) >= 11 is 0. The average Bonchev–Trinajstić information content (AvgIpc) is 2.84. The predicted molar refractivity (Wildman–Crippen MR) is 89.8 cm³/mol. The van der Waals surface area contributed by atoms with Crippen molar-refractivity contribution in [1.29, 1.82) is 0 Å². The highest BCUT2D eigenvalue weighted by molar-refractivity contribution is 5.76. The lowest BCUT2D eigenvalue weighted by Gasteiger charge is -2.59. The highest BCUT2D eigenvalue weighted by Gasteiger charge is 2.69. The van der Waals surface area contributed by atoms with Crippen molar-refractivity contribution in [2.45, 2.75) is 83.3 Å². The SMILES string of the molecule is CC1CC[C@@H]2C(C)C(OC(=O)CCC(=O)O)O[C@@H]3O[C@@]4(C)CC[C@H]1[C@]32OO4. The van der Waals surface area contributed by atoms with Gasteiger partial charge < -0.3 is 19.3 Å². The monoisotopic (exact) mass is 384 g/mol. The lowest BCUT2D eigenvalue weighted by molar-refractivity contribution is -0.576. The van der Waals surface area contributed by atoms with Crippen molar-refractivity contribution in [3.05, 3.63) is 0 Å². The molecule has 5 fully saturated rings. The number of rotatable bonds is 4. The van der Waals surface area contributed by atoms with Crippen molar-refractivity contribution in [2.24, 2.45) is 23.7 Å². The zero-order valence-corrected chi connectivity index (χ0v) is 16.0. The van der Waals surface area contributed by atoms with Gasteiger partial charge in [0.05, 0.1) is 12.8 Å². The van der Waals surface area contributed by atoms with Gasteiger partial charge in [0, 0.05) is 18.3 Å². The molecule has 27 heavy (non-hydrogen) atoms. The summed E-state index contributed by atoms with van der Waals surface area (Å²) in [5, 5.41) is 8.76. The Bertz CT molecular complexity index is 623. The van der Waals surface area contributed by atoms with Gasteiger partial charge in [0.25, 0.3) is 0 Å². The van der Waals surface area contributed by atoms with Gasteiger partial charge in [0.2, 0.25) is 12.1 Å². The van der Waals surface area contributed by atoms with Gasteiger partial charge in [0.15, 0.2) is 11.9 Å². The highest BCUT2D eigenvalue weighted by atomic mass is 17.3. The van der Waals surface area contributed by atoms with Crippen LogP contribution in [0.1, 0.15) is 59.3 Å². The first-order valence-electron chi connectivity index (χ1n) is 9.86. The van der Waals surface area contributed by atoms with Crippen LogP contribution < -0.4 is 0 Å². The van der Waals surface area contributed by atoms with Crippen molar-refractivity contribution in [1.82, 2.24) is 0 Å². The third-order valence-electron chi connectivity index (χ3n) is 6.89. The minimum Gasteiger partial charge on any atom is -0.481 e. The second-order valence-corrected chi connectivity index (χ2v) is 8.66. The zero-order valence-electron chi connectivity index (χ0n) is 16.0. The molecule has 1 aliphatic carbocycles. The second kappa shape index (κ2) is 6.69. The Morgan fingerprint density at radius 3 is 2.63 bits per heavy atom. The summed E-state index contributed by atoms with van der Waals surface area (Å²) in [4.78, 5) is 34.5. The zero-order chi connectivity index (χ0) is 19.4. The van der Waals surface area contributed by atoms with Crippen molar-refractivity contribution in [3.8, 4) is 0 Å². The number of carboxylic acid groups (broad SMARTS) is 1. The molecular formula is C19H28O8. The number of hydrogen-bond donors (Lipinski definition) is 1. The maximum absolute atomic E-state index is 12.1. The first-order valence-corrected chi connectivity index (χ1v) is 9.86. The molecule has 0 aromatic heterocycles. The second-order valence-electron chi connectivity index (χ2n) is 8.66. The van der Waals surface area contributed by atoms with E-state index in [4.69, 9.17) is 29.1 Å². The molecule has 8 atom stereocenters. The molecule has 1 saturated carbocycles. The van der Waals surface area contributed by atoms with Gasteiger partial charge in [-0.25, -0.2) is 9.78 Å². The number of carboxylic acids is 1. The van der Waals surface area contributed by atoms with E-state index < -0.39 is 35.9 Å². The van der Waals surface area contributed by atoms with E-state index in [0.717, 1.165) is 19.3 Å². The van der Waals surface area contributed by atoms with E-state index in [0.29, 0.717) is 12.3 Å². The van der Waals surface area contributed by atoms with E-state index in [1.807, 2.05) is 13.8 Å². The number of carbonyl (C=O) groups excluding carboxylic acids is 1. The van der Waals surface area contributed by atoms with E-state index in [1.165, 1.54) is 0 Å². The Hall–Kier alpha value is -1.22. The first-order chi connectivity index (χ1) is 12.7. The van der Waals surface area contributed by atoms with Crippen LogP contribution in [0.25, 0.3) is 0 Å². The minimum absolute atomic E-state index is 0.0670. The van der Waals surface area contributed by atoms with Crippen molar-refractivity contribution in [3.63, 3.8) is 0 Å². The molecule has 5 rings (SSSR count). The average molecular weight is 384 g/mol. The number of carbonyl (C=O) groups is 2. The van der Waals surface area contributed by atoms with E-state index >= 15 is 0 Å². The van der Waals surface area contributed by atoms with Crippen LogP contribution in [0.3, 0.4) is 0 Å². The van der Waals surface area contributed by atoms with Crippen molar-refractivity contribution >= 4 is 11.9 Å². The summed E-state index contributed by atoms with van der Waals surface area (Å²) in [6, 6.07) is 0. The largest absolute Gasteiger partial charge is 0.481 e. The van der Waals surface area contributed by atoms with Gasteiger partial charge in [-0.1, -0.05) is 13.8 Å². The summed E-state index contributed by atoms with van der Waals surface area (Å²) in [6.45, 7) is 6.06. The summed E-state index contributed by atoms with van der Waals surface area (Å²) in [5.41, 5.74) is -0.697. The minimum atomic E-state index is -1.03. The van der Waals surface area contributed by atoms with Crippen LogP contribution in [0.4, 0.5) is 0 Å². The molecule has 152 valence electrons. The number of ether oxygens (including phenoxy) is 3. The van der Waals surface area contributed by atoms with Crippen LogP contribution in [-0.4, -0.2) is 41.0 Å². The van der Waals surface area contributed by atoms with Crippen molar-refractivity contribution < 1.29 is 38.7 Å². The van der Waals surface area contributed by atoms with Gasteiger partial charge in [-0.2, -0.15) is 0 Å². The molecule has 2 bridgehead atoms. The summed E-state index contributed by atoms with van der Waals surface area (Å²) in [5.74, 6) is -1.82.